The van der Waals surface area contributed by atoms with Gasteiger partial charge in [-0.05, 0) is 77.9 Å². The second-order valence-corrected chi connectivity index (χ2v) is 11.2. The van der Waals surface area contributed by atoms with Crippen LogP contribution in [0.2, 0.25) is 0 Å². The van der Waals surface area contributed by atoms with Gasteiger partial charge in [0.25, 0.3) is 5.91 Å². The minimum atomic E-state index is -1.40. The van der Waals surface area contributed by atoms with Gasteiger partial charge in [-0.1, -0.05) is 77.9 Å². The van der Waals surface area contributed by atoms with Crippen LogP contribution in [-0.4, -0.2) is 34.5 Å². The fraction of sp³-hybridized carbons (Fsp3) is 0.212. The number of para-hydroxylation sites is 1. The number of benzene rings is 4. The Morgan fingerprint density at radius 2 is 1.49 bits per heavy atom. The second-order valence-electron chi connectivity index (χ2n) is 9.67. The van der Waals surface area contributed by atoms with Crippen molar-refractivity contribution in [2.24, 2.45) is 0 Å². The molecule has 0 aliphatic rings. The van der Waals surface area contributed by atoms with Crippen molar-refractivity contribution in [2.75, 3.05) is 12.0 Å². The van der Waals surface area contributed by atoms with Crippen molar-refractivity contribution < 1.29 is 42.8 Å². The number of amides is 1. The summed E-state index contributed by atoms with van der Waals surface area (Å²) in [5.41, 5.74) is 5.16. The Kier molecular flexibility index (Phi) is 12.1. The van der Waals surface area contributed by atoms with Crippen molar-refractivity contribution in [3.05, 3.63) is 119 Å². The van der Waals surface area contributed by atoms with Crippen molar-refractivity contribution >= 4 is 23.1 Å². The number of carboxylic acid groups (broad SMARTS) is 1. The smallest absolute Gasteiger partial charge is 0.617 e. The maximum absolute atomic E-state index is 13.3. The zero-order valence-electron chi connectivity index (χ0n) is 23.6. The molecule has 4 aromatic carbocycles. The molecule has 0 saturated carbocycles. The summed E-state index contributed by atoms with van der Waals surface area (Å²) < 4.78 is 17.5. The van der Waals surface area contributed by atoms with Gasteiger partial charge in [0.2, 0.25) is 0 Å². The van der Waals surface area contributed by atoms with Gasteiger partial charge < -0.3 is 24.5 Å². The number of hydrogen-bond donors (Lipinski definition) is 1. The topological polar surface area (TPSA) is 102 Å². The maximum atomic E-state index is 13.3. The molecule has 0 fully saturated rings. The molecule has 0 radical (unpaired) electrons. The molecule has 0 bridgehead atoms. The number of carboxylic acids is 1. The summed E-state index contributed by atoms with van der Waals surface area (Å²) >= 11 is -1.18. The van der Waals surface area contributed by atoms with Gasteiger partial charge in [0, 0.05) is 12.0 Å². The predicted molar refractivity (Wildman–Crippen MR) is 157 cm³/mol. The van der Waals surface area contributed by atoms with Crippen LogP contribution in [0.25, 0.3) is 11.1 Å². The Morgan fingerprint density at radius 1 is 0.829 bits per heavy atom. The third kappa shape index (κ3) is 9.27. The summed E-state index contributed by atoms with van der Waals surface area (Å²) in [5, 5.41) is 14.2. The molecule has 4 aromatic rings. The third-order valence-electron chi connectivity index (χ3n) is 6.63. The van der Waals surface area contributed by atoms with Gasteiger partial charge in [-0.3, -0.25) is 4.79 Å². The number of nitrogens with one attached hydrogen (secondary N) is 1. The van der Waals surface area contributed by atoms with Crippen molar-refractivity contribution in [1.82, 2.24) is 5.32 Å². The molecular formula is C33H32LiNO5S. The van der Waals surface area contributed by atoms with Gasteiger partial charge >= 0.3 is 18.9 Å². The summed E-state index contributed by atoms with van der Waals surface area (Å²) in [5.74, 6) is -0.205. The SMILES string of the molecule is Cc1ccccc1-c1cc(CCc2cccc(Oc3ccccc3)c2)ccc1C(=O)NC(CC[S+](C)[O-])C(=O)[O-].[Li+]. The number of ether oxygens (including phenoxy) is 1. The minimum Gasteiger partial charge on any atom is -0.617 e. The van der Waals surface area contributed by atoms with E-state index < -0.39 is 29.1 Å². The van der Waals surface area contributed by atoms with E-state index in [0.717, 1.165) is 52.2 Å². The average molecular weight is 562 g/mol. The first-order valence-electron chi connectivity index (χ1n) is 13.1. The standard InChI is InChI=1S/C33H33NO5S.Li/c1-23-9-6-7-14-28(23)30-22-25(17-18-29(30)32(35)34-31(33(36)37)19-20-40(2)38)16-15-24-10-8-13-27(21-24)39-26-11-4-3-5-12-26;/h3-14,17-18,21-22,31H,15-16,19-20H2,1-2H3,(H,34,35)(H,36,37);/q;+1/p-1. The molecule has 4 rings (SSSR count). The molecule has 0 aliphatic heterocycles. The van der Waals surface area contributed by atoms with E-state index in [2.05, 4.69) is 11.4 Å². The van der Waals surface area contributed by atoms with Crippen LogP contribution in [-0.2, 0) is 28.8 Å². The summed E-state index contributed by atoms with van der Waals surface area (Å²) in [4.78, 5) is 25.0. The Labute approximate surface area is 256 Å². The normalized spacial score (nSPS) is 12.1. The molecule has 8 heteroatoms. The van der Waals surface area contributed by atoms with E-state index in [1.165, 1.54) is 6.26 Å². The number of aliphatic carboxylic acids is 1. The summed E-state index contributed by atoms with van der Waals surface area (Å²) in [6, 6.07) is 29.8. The molecule has 1 amide bonds. The van der Waals surface area contributed by atoms with Crippen LogP contribution in [0.3, 0.4) is 0 Å². The molecule has 206 valence electrons. The van der Waals surface area contributed by atoms with E-state index >= 15 is 0 Å². The number of carbonyl (C=O) groups excluding carboxylic acids is 2. The average Bonchev–Trinajstić information content (AvgIpc) is 2.94. The van der Waals surface area contributed by atoms with Gasteiger partial charge in [-0.25, -0.2) is 0 Å². The summed E-state index contributed by atoms with van der Waals surface area (Å²) in [6.45, 7) is 1.97. The molecule has 0 saturated heterocycles. The third-order valence-corrected chi connectivity index (χ3v) is 7.44. The van der Waals surface area contributed by atoms with Gasteiger partial charge in [0.15, 0.2) is 0 Å². The quantitative estimate of drug-likeness (QED) is 0.210. The largest absolute Gasteiger partial charge is 1.00 e. The molecule has 2 atom stereocenters. The van der Waals surface area contributed by atoms with Crippen molar-refractivity contribution in [2.45, 2.75) is 32.2 Å². The van der Waals surface area contributed by atoms with E-state index in [-0.39, 0.29) is 31.0 Å². The first-order valence-corrected chi connectivity index (χ1v) is 14.9. The van der Waals surface area contributed by atoms with Crippen LogP contribution in [0.4, 0.5) is 0 Å². The summed E-state index contributed by atoms with van der Waals surface area (Å²) in [7, 11) is 0. The molecule has 0 aromatic heterocycles. The molecular weight excluding hydrogens is 529 g/mol. The molecule has 1 N–H and O–H groups in total. The van der Waals surface area contributed by atoms with E-state index in [4.69, 9.17) is 4.74 Å². The monoisotopic (exact) mass is 561 g/mol. The fourth-order valence-corrected chi connectivity index (χ4v) is 5.06. The van der Waals surface area contributed by atoms with Gasteiger partial charge in [0.1, 0.15) is 17.3 Å². The van der Waals surface area contributed by atoms with Crippen molar-refractivity contribution in [3.8, 4) is 22.6 Å². The van der Waals surface area contributed by atoms with Gasteiger partial charge in [0.05, 0.1) is 18.3 Å². The van der Waals surface area contributed by atoms with Crippen LogP contribution in [0, 0.1) is 6.92 Å². The molecule has 6 nitrogen and oxygen atoms in total. The zero-order chi connectivity index (χ0) is 28.5. The molecule has 2 unspecified atom stereocenters. The number of hydrogen-bond acceptors (Lipinski definition) is 5. The first-order chi connectivity index (χ1) is 19.3. The Morgan fingerprint density at radius 3 is 2.17 bits per heavy atom. The number of carbonyl (C=O) groups is 2. The molecule has 0 heterocycles. The molecule has 0 aliphatic carbocycles. The Hall–Kier alpha value is -3.47. The van der Waals surface area contributed by atoms with Crippen LogP contribution in [0.5, 0.6) is 11.5 Å². The van der Waals surface area contributed by atoms with Crippen molar-refractivity contribution in [3.63, 3.8) is 0 Å². The Bertz CT molecular complexity index is 1460. The van der Waals surface area contributed by atoms with E-state index in [0.29, 0.717) is 5.56 Å². The van der Waals surface area contributed by atoms with E-state index in [1.54, 1.807) is 6.07 Å². The predicted octanol–water partition coefficient (Wildman–Crippen LogP) is 1.86. The first kappa shape index (κ1) is 32.0. The maximum Gasteiger partial charge on any atom is 1.00 e. The summed E-state index contributed by atoms with van der Waals surface area (Å²) in [6.07, 6.45) is 3.03. The van der Waals surface area contributed by atoms with Crippen LogP contribution in [0.15, 0.2) is 97.1 Å². The molecule has 0 spiro atoms. The van der Waals surface area contributed by atoms with E-state index in [9.17, 15) is 19.2 Å². The van der Waals surface area contributed by atoms with Crippen LogP contribution in [0.1, 0.15) is 33.5 Å². The van der Waals surface area contributed by atoms with E-state index in [1.807, 2.05) is 91.9 Å². The van der Waals surface area contributed by atoms with Crippen LogP contribution >= 0.6 is 0 Å². The van der Waals surface area contributed by atoms with Crippen LogP contribution < -0.4 is 34.0 Å². The van der Waals surface area contributed by atoms with Gasteiger partial charge in [-0.2, -0.15) is 0 Å². The van der Waals surface area contributed by atoms with Crippen molar-refractivity contribution in [1.29, 1.82) is 0 Å². The number of rotatable bonds is 12. The minimum absolute atomic E-state index is 0. The van der Waals surface area contributed by atoms with Gasteiger partial charge in [-0.15, -0.1) is 0 Å². The zero-order valence-corrected chi connectivity index (χ0v) is 24.4. The number of aryl methyl sites for hydroxylation is 3. The molecule has 41 heavy (non-hydrogen) atoms. The Balaban J connectivity index is 0.00000462. The fourth-order valence-electron chi connectivity index (χ4n) is 4.49. The second kappa shape index (κ2) is 15.5.